The number of hydrogen-bond donors (Lipinski definition) is 3. The van der Waals surface area contributed by atoms with Crippen molar-refractivity contribution in [3.8, 4) is 0 Å². The lowest BCUT2D eigenvalue weighted by atomic mass is 10.00. The van der Waals surface area contributed by atoms with E-state index in [1.54, 1.807) is 0 Å². The molecule has 2 saturated heterocycles. The molecule has 3 N–H and O–H groups in total. The van der Waals surface area contributed by atoms with Crippen molar-refractivity contribution in [2.24, 2.45) is 0 Å². The lowest BCUT2D eigenvalue weighted by molar-refractivity contribution is -0.0530. The molecule has 7 nitrogen and oxygen atoms in total. The number of aromatic nitrogens is 2. The van der Waals surface area contributed by atoms with Gasteiger partial charge in [-0.25, -0.2) is 4.79 Å². The number of nitrogens with one attached hydrogen (secondary N) is 2. The molecule has 1 aromatic heterocycles. The maximum atomic E-state index is 12.4. The summed E-state index contributed by atoms with van der Waals surface area (Å²) in [6.07, 6.45) is 1.82. The number of rotatable bonds is 3. The molecule has 0 unspecified atom stereocenters. The largest absolute Gasteiger partial charge is 0.385 e. The Labute approximate surface area is 146 Å². The first-order valence-corrected chi connectivity index (χ1v) is 9.07. The minimum atomic E-state index is -0.832. The third-order valence-corrected chi connectivity index (χ3v) is 5.31. The summed E-state index contributed by atoms with van der Waals surface area (Å²) in [7, 11) is 0. The van der Waals surface area contributed by atoms with Gasteiger partial charge in [-0.15, -0.1) is 0 Å². The van der Waals surface area contributed by atoms with Crippen molar-refractivity contribution in [2.75, 3.05) is 45.9 Å². The van der Waals surface area contributed by atoms with Crippen molar-refractivity contribution in [1.82, 2.24) is 19.8 Å². The van der Waals surface area contributed by atoms with Gasteiger partial charge in [0.05, 0.1) is 24.2 Å². The molecule has 1 aromatic carbocycles. The normalized spacial score (nSPS) is 26.8. The van der Waals surface area contributed by atoms with Crippen LogP contribution in [0.5, 0.6) is 0 Å². The summed E-state index contributed by atoms with van der Waals surface area (Å²) < 4.78 is 7.41. The van der Waals surface area contributed by atoms with E-state index in [4.69, 9.17) is 4.74 Å². The van der Waals surface area contributed by atoms with Crippen molar-refractivity contribution in [1.29, 1.82) is 0 Å². The average molecular weight is 346 g/mol. The molecule has 0 spiro atoms. The third kappa shape index (κ3) is 3.50. The maximum absolute atomic E-state index is 12.4. The van der Waals surface area contributed by atoms with Gasteiger partial charge in [-0.3, -0.25) is 4.57 Å². The average Bonchev–Trinajstić information content (AvgIpc) is 2.79. The van der Waals surface area contributed by atoms with Gasteiger partial charge in [-0.2, -0.15) is 0 Å². The zero-order chi connectivity index (χ0) is 17.3. The number of para-hydroxylation sites is 2. The summed E-state index contributed by atoms with van der Waals surface area (Å²) in [5.41, 5.74) is 1.01. The smallest absolute Gasteiger partial charge is 0.326 e. The fourth-order valence-corrected chi connectivity index (χ4v) is 4.07. The molecule has 0 amide bonds. The highest BCUT2D eigenvalue weighted by molar-refractivity contribution is 5.75. The van der Waals surface area contributed by atoms with Crippen LogP contribution in [0.1, 0.15) is 18.9 Å². The SMILES string of the molecule is O=c1[nH]c2ccccc2n1C1CCN(C[C@]2(O)CNCCOC2)CC1. The second-order valence-electron chi connectivity index (χ2n) is 7.28. The van der Waals surface area contributed by atoms with E-state index < -0.39 is 5.60 Å². The summed E-state index contributed by atoms with van der Waals surface area (Å²) in [6, 6.07) is 8.05. The van der Waals surface area contributed by atoms with Crippen LogP contribution in [0.4, 0.5) is 0 Å². The van der Waals surface area contributed by atoms with Crippen LogP contribution in [0, 0.1) is 0 Å². The van der Waals surface area contributed by atoms with E-state index >= 15 is 0 Å². The van der Waals surface area contributed by atoms with E-state index in [0.717, 1.165) is 43.5 Å². The molecule has 2 fully saturated rings. The van der Waals surface area contributed by atoms with Crippen LogP contribution in [0.2, 0.25) is 0 Å². The van der Waals surface area contributed by atoms with Gasteiger partial charge >= 0.3 is 5.69 Å². The standard InChI is InChI=1S/C18H26N4O3/c23-17-20-15-3-1-2-4-16(15)22(17)14-5-8-21(9-6-14)12-18(24)11-19-7-10-25-13-18/h1-4,14,19,24H,5-13H2,(H,20,23)/t18-/m1/s1. The number of benzene rings is 1. The van der Waals surface area contributed by atoms with E-state index in [1.807, 2.05) is 28.8 Å². The number of aliphatic hydroxyl groups is 1. The Morgan fingerprint density at radius 2 is 2.08 bits per heavy atom. The Morgan fingerprint density at radius 3 is 2.92 bits per heavy atom. The Bertz CT molecular complexity index is 768. The van der Waals surface area contributed by atoms with Gasteiger partial charge in [0.15, 0.2) is 0 Å². The summed E-state index contributed by atoms with van der Waals surface area (Å²) in [5, 5.41) is 14.0. The van der Waals surface area contributed by atoms with Gasteiger partial charge in [0, 0.05) is 38.8 Å². The fraction of sp³-hybridized carbons (Fsp3) is 0.611. The lowest BCUT2D eigenvalue weighted by Crippen LogP contribution is -2.53. The number of ether oxygens (including phenoxy) is 1. The summed E-state index contributed by atoms with van der Waals surface area (Å²) in [4.78, 5) is 17.6. The summed E-state index contributed by atoms with van der Waals surface area (Å²) in [6.45, 7) is 4.73. The number of piperidine rings is 1. The third-order valence-electron chi connectivity index (χ3n) is 5.31. The first kappa shape index (κ1) is 16.8. The van der Waals surface area contributed by atoms with E-state index in [0.29, 0.717) is 26.3 Å². The highest BCUT2D eigenvalue weighted by Crippen LogP contribution is 2.25. The number of H-pyrrole nitrogens is 1. The van der Waals surface area contributed by atoms with Crippen LogP contribution in [0.25, 0.3) is 11.0 Å². The van der Waals surface area contributed by atoms with Crippen LogP contribution in [0.3, 0.4) is 0 Å². The van der Waals surface area contributed by atoms with Gasteiger partial charge in [0.1, 0.15) is 5.60 Å². The van der Waals surface area contributed by atoms with Crippen LogP contribution in [-0.2, 0) is 4.74 Å². The van der Waals surface area contributed by atoms with Gasteiger partial charge in [-0.1, -0.05) is 12.1 Å². The van der Waals surface area contributed by atoms with E-state index in [2.05, 4.69) is 15.2 Å². The minimum Gasteiger partial charge on any atom is -0.385 e. The predicted molar refractivity (Wildman–Crippen MR) is 95.9 cm³/mol. The van der Waals surface area contributed by atoms with Crippen molar-refractivity contribution >= 4 is 11.0 Å². The van der Waals surface area contributed by atoms with Crippen molar-refractivity contribution < 1.29 is 9.84 Å². The highest BCUT2D eigenvalue weighted by atomic mass is 16.5. The minimum absolute atomic E-state index is 0.0281. The number of β-amino-alcohol motifs (C(OH)–C–C–N with tert-alkyl or cyclic N) is 1. The Balaban J connectivity index is 1.43. The van der Waals surface area contributed by atoms with E-state index in [1.165, 1.54) is 0 Å². The molecule has 0 bridgehead atoms. The monoisotopic (exact) mass is 346 g/mol. The molecule has 4 rings (SSSR count). The van der Waals surface area contributed by atoms with Gasteiger partial charge < -0.3 is 25.0 Å². The fourth-order valence-electron chi connectivity index (χ4n) is 4.07. The Hall–Kier alpha value is -1.67. The molecular formula is C18H26N4O3. The van der Waals surface area contributed by atoms with Gasteiger partial charge in [0.2, 0.25) is 0 Å². The molecule has 0 saturated carbocycles. The molecule has 2 aromatic rings. The molecule has 136 valence electrons. The second kappa shape index (κ2) is 6.92. The topological polar surface area (TPSA) is 82.5 Å². The van der Waals surface area contributed by atoms with E-state index in [9.17, 15) is 9.90 Å². The predicted octanol–water partition coefficient (Wildman–Crippen LogP) is 0.317. The molecule has 25 heavy (non-hydrogen) atoms. The molecule has 1 atom stereocenters. The summed E-state index contributed by atoms with van der Waals surface area (Å²) in [5.74, 6) is 0. The number of fused-ring (bicyclic) bond motifs is 1. The lowest BCUT2D eigenvalue weighted by Gasteiger charge is -2.37. The van der Waals surface area contributed by atoms with Crippen LogP contribution in [-0.4, -0.2) is 71.1 Å². The molecule has 2 aliphatic rings. The van der Waals surface area contributed by atoms with Crippen LogP contribution >= 0.6 is 0 Å². The highest BCUT2D eigenvalue weighted by Gasteiger charge is 2.33. The Kier molecular flexibility index (Phi) is 4.64. The number of hydrogen-bond acceptors (Lipinski definition) is 5. The first-order chi connectivity index (χ1) is 12.1. The molecule has 0 aliphatic carbocycles. The number of aromatic amines is 1. The van der Waals surface area contributed by atoms with Gasteiger partial charge in [0.25, 0.3) is 0 Å². The molecule has 0 radical (unpaired) electrons. The first-order valence-electron chi connectivity index (χ1n) is 9.07. The van der Waals surface area contributed by atoms with Gasteiger partial charge in [-0.05, 0) is 25.0 Å². The quantitative estimate of drug-likeness (QED) is 0.746. The van der Waals surface area contributed by atoms with Crippen molar-refractivity contribution in [3.05, 3.63) is 34.7 Å². The van der Waals surface area contributed by atoms with E-state index in [-0.39, 0.29) is 11.7 Å². The van der Waals surface area contributed by atoms with Crippen molar-refractivity contribution in [3.63, 3.8) is 0 Å². The second-order valence-corrected chi connectivity index (χ2v) is 7.28. The number of imidazole rings is 1. The van der Waals surface area contributed by atoms with Crippen LogP contribution < -0.4 is 11.0 Å². The molecule has 7 heteroatoms. The van der Waals surface area contributed by atoms with Crippen LogP contribution in [0.15, 0.2) is 29.1 Å². The number of nitrogens with zero attached hydrogens (tertiary/aromatic N) is 2. The maximum Gasteiger partial charge on any atom is 0.326 e. The summed E-state index contributed by atoms with van der Waals surface area (Å²) >= 11 is 0. The van der Waals surface area contributed by atoms with Crippen molar-refractivity contribution in [2.45, 2.75) is 24.5 Å². The zero-order valence-corrected chi connectivity index (χ0v) is 14.4. The molecular weight excluding hydrogens is 320 g/mol. The number of likely N-dealkylation sites (tertiary alicyclic amines) is 1. The Morgan fingerprint density at radius 1 is 1.28 bits per heavy atom. The molecule has 2 aliphatic heterocycles. The zero-order valence-electron chi connectivity index (χ0n) is 14.4. The molecule has 3 heterocycles.